The number of amides is 1. The molecule has 1 aromatic carbocycles. The summed E-state index contributed by atoms with van der Waals surface area (Å²) in [6.07, 6.45) is 8.34. The predicted octanol–water partition coefficient (Wildman–Crippen LogP) is 4.37. The van der Waals surface area contributed by atoms with Crippen LogP contribution in [0.2, 0.25) is 0 Å². The first kappa shape index (κ1) is 18.7. The van der Waals surface area contributed by atoms with Crippen molar-refractivity contribution >= 4 is 5.91 Å². The van der Waals surface area contributed by atoms with Gasteiger partial charge in [-0.3, -0.25) is 4.79 Å². The first-order chi connectivity index (χ1) is 10.6. The molecule has 1 rings (SSSR count). The summed E-state index contributed by atoms with van der Waals surface area (Å²) in [6.45, 7) is 4.07. The molecule has 0 radical (unpaired) electrons. The van der Waals surface area contributed by atoms with Crippen molar-refractivity contribution in [3.8, 4) is 0 Å². The molecule has 2 N–H and O–H groups in total. The Morgan fingerprint density at radius 1 is 1.05 bits per heavy atom. The van der Waals surface area contributed by atoms with E-state index in [1.807, 2.05) is 37.3 Å². The van der Waals surface area contributed by atoms with Gasteiger partial charge in [-0.25, -0.2) is 0 Å². The van der Waals surface area contributed by atoms with Crippen molar-refractivity contribution < 1.29 is 9.90 Å². The average molecular weight is 305 g/mol. The van der Waals surface area contributed by atoms with Crippen LogP contribution in [-0.4, -0.2) is 17.1 Å². The summed E-state index contributed by atoms with van der Waals surface area (Å²) in [5.41, 5.74) is 0.839. The van der Waals surface area contributed by atoms with Crippen molar-refractivity contribution in [2.45, 2.75) is 77.4 Å². The lowest BCUT2D eigenvalue weighted by Gasteiger charge is -2.20. The first-order valence-corrected chi connectivity index (χ1v) is 8.67. The molecular weight excluding hydrogens is 274 g/mol. The van der Waals surface area contributed by atoms with Crippen LogP contribution in [0.1, 0.15) is 76.9 Å². The van der Waals surface area contributed by atoms with Gasteiger partial charge in [0.2, 0.25) is 5.91 Å². The lowest BCUT2D eigenvalue weighted by molar-refractivity contribution is -0.122. The van der Waals surface area contributed by atoms with E-state index in [2.05, 4.69) is 12.2 Å². The lowest BCUT2D eigenvalue weighted by atomic mass is 10.0. The molecule has 0 fully saturated rings. The third-order valence-corrected chi connectivity index (χ3v) is 4.01. The Balaban J connectivity index is 2.16. The third kappa shape index (κ3) is 7.60. The molecule has 22 heavy (non-hydrogen) atoms. The zero-order valence-electron chi connectivity index (χ0n) is 14.1. The van der Waals surface area contributed by atoms with Crippen LogP contribution >= 0.6 is 0 Å². The highest BCUT2D eigenvalue weighted by atomic mass is 16.3. The standard InChI is InChI=1S/C19H31NO2/c1-3-4-5-6-7-8-12-15-18(21)20-16(2)19(22)17-13-10-9-11-14-17/h9-11,13-14,16,19,22H,3-8,12,15H2,1-2H3,(H,20,21)/t16-,19-/m0/s1. The van der Waals surface area contributed by atoms with Gasteiger partial charge in [-0.2, -0.15) is 0 Å². The van der Waals surface area contributed by atoms with E-state index < -0.39 is 6.10 Å². The summed E-state index contributed by atoms with van der Waals surface area (Å²) < 4.78 is 0. The predicted molar refractivity (Wildman–Crippen MR) is 91.6 cm³/mol. The maximum atomic E-state index is 11.9. The maximum absolute atomic E-state index is 11.9. The van der Waals surface area contributed by atoms with Crippen molar-refractivity contribution in [2.75, 3.05) is 0 Å². The smallest absolute Gasteiger partial charge is 0.220 e. The van der Waals surface area contributed by atoms with Gasteiger partial charge in [-0.1, -0.05) is 75.8 Å². The van der Waals surface area contributed by atoms with Crippen LogP contribution in [0.4, 0.5) is 0 Å². The number of hydrogen-bond acceptors (Lipinski definition) is 2. The average Bonchev–Trinajstić information content (AvgIpc) is 2.54. The van der Waals surface area contributed by atoms with Crippen LogP contribution in [-0.2, 0) is 4.79 Å². The van der Waals surface area contributed by atoms with E-state index in [1.54, 1.807) is 0 Å². The molecule has 0 unspecified atom stereocenters. The Bertz CT molecular complexity index is 405. The monoisotopic (exact) mass is 305 g/mol. The van der Waals surface area contributed by atoms with Crippen LogP contribution in [0.3, 0.4) is 0 Å². The molecule has 0 aromatic heterocycles. The number of carbonyl (C=O) groups excluding carboxylic acids is 1. The Morgan fingerprint density at radius 2 is 1.64 bits per heavy atom. The fourth-order valence-corrected chi connectivity index (χ4v) is 2.59. The minimum atomic E-state index is -0.654. The topological polar surface area (TPSA) is 49.3 Å². The molecular formula is C19H31NO2. The Kier molecular flexibility index (Phi) is 9.56. The van der Waals surface area contributed by atoms with Crippen molar-refractivity contribution in [3.05, 3.63) is 35.9 Å². The zero-order valence-corrected chi connectivity index (χ0v) is 14.1. The van der Waals surface area contributed by atoms with Gasteiger partial charge in [0.15, 0.2) is 0 Å². The normalized spacial score (nSPS) is 13.6. The number of rotatable bonds is 11. The van der Waals surface area contributed by atoms with Gasteiger partial charge in [0.25, 0.3) is 0 Å². The van der Waals surface area contributed by atoms with Crippen LogP contribution < -0.4 is 5.32 Å². The molecule has 1 amide bonds. The summed E-state index contributed by atoms with van der Waals surface area (Å²) in [5, 5.41) is 13.1. The van der Waals surface area contributed by atoms with Gasteiger partial charge < -0.3 is 10.4 Å². The third-order valence-electron chi connectivity index (χ3n) is 4.01. The van der Waals surface area contributed by atoms with Crippen LogP contribution in [0.15, 0.2) is 30.3 Å². The molecule has 3 nitrogen and oxygen atoms in total. The second kappa shape index (κ2) is 11.2. The highest BCUT2D eigenvalue weighted by Gasteiger charge is 2.17. The number of aliphatic hydroxyl groups excluding tert-OH is 1. The van der Waals surface area contributed by atoms with Gasteiger partial charge in [-0.15, -0.1) is 0 Å². The number of unbranched alkanes of at least 4 members (excludes halogenated alkanes) is 6. The zero-order chi connectivity index (χ0) is 16.2. The van der Waals surface area contributed by atoms with Crippen molar-refractivity contribution in [3.63, 3.8) is 0 Å². The number of nitrogens with one attached hydrogen (secondary N) is 1. The number of benzene rings is 1. The van der Waals surface area contributed by atoms with Crippen LogP contribution in [0.25, 0.3) is 0 Å². The summed E-state index contributed by atoms with van der Waals surface area (Å²) in [7, 11) is 0. The van der Waals surface area contributed by atoms with E-state index in [1.165, 1.54) is 32.1 Å². The largest absolute Gasteiger partial charge is 0.386 e. The van der Waals surface area contributed by atoms with Crippen molar-refractivity contribution in [2.24, 2.45) is 0 Å². The SMILES string of the molecule is CCCCCCCCCC(=O)N[C@@H](C)[C@H](O)c1ccccc1. The second-order valence-corrected chi connectivity index (χ2v) is 6.08. The lowest BCUT2D eigenvalue weighted by Crippen LogP contribution is -2.36. The molecule has 3 heteroatoms. The molecule has 124 valence electrons. The molecule has 0 saturated carbocycles. The van der Waals surface area contributed by atoms with Crippen molar-refractivity contribution in [1.82, 2.24) is 5.32 Å². The summed E-state index contributed by atoms with van der Waals surface area (Å²) in [5.74, 6) is 0.0380. The van der Waals surface area contributed by atoms with Gasteiger partial charge in [-0.05, 0) is 18.9 Å². The molecule has 0 heterocycles. The molecule has 1 aromatic rings. The highest BCUT2D eigenvalue weighted by Crippen LogP contribution is 2.16. The minimum Gasteiger partial charge on any atom is -0.386 e. The summed E-state index contributed by atoms with van der Waals surface area (Å²) >= 11 is 0. The highest BCUT2D eigenvalue weighted by molar-refractivity contribution is 5.76. The Hall–Kier alpha value is -1.35. The fourth-order valence-electron chi connectivity index (χ4n) is 2.59. The number of carbonyl (C=O) groups is 1. The molecule has 0 aliphatic heterocycles. The fraction of sp³-hybridized carbons (Fsp3) is 0.632. The number of aliphatic hydroxyl groups is 1. The maximum Gasteiger partial charge on any atom is 0.220 e. The number of hydrogen-bond donors (Lipinski definition) is 2. The van der Waals surface area contributed by atoms with Gasteiger partial charge >= 0.3 is 0 Å². The van der Waals surface area contributed by atoms with Crippen LogP contribution in [0.5, 0.6) is 0 Å². The van der Waals surface area contributed by atoms with E-state index >= 15 is 0 Å². The van der Waals surface area contributed by atoms with E-state index in [0.717, 1.165) is 18.4 Å². The summed E-state index contributed by atoms with van der Waals surface area (Å²) in [4.78, 5) is 11.9. The van der Waals surface area contributed by atoms with Crippen LogP contribution in [0, 0.1) is 0 Å². The van der Waals surface area contributed by atoms with Gasteiger partial charge in [0.05, 0.1) is 12.1 Å². The van der Waals surface area contributed by atoms with Crippen molar-refractivity contribution in [1.29, 1.82) is 0 Å². The Labute approximate surface area is 135 Å². The van der Waals surface area contributed by atoms with E-state index in [0.29, 0.717) is 6.42 Å². The second-order valence-electron chi connectivity index (χ2n) is 6.08. The molecule has 0 bridgehead atoms. The van der Waals surface area contributed by atoms with E-state index in [9.17, 15) is 9.90 Å². The molecule has 0 aliphatic rings. The molecule has 0 aliphatic carbocycles. The quantitative estimate of drug-likeness (QED) is 0.597. The van der Waals surface area contributed by atoms with E-state index in [4.69, 9.17) is 0 Å². The molecule has 2 atom stereocenters. The molecule has 0 saturated heterocycles. The van der Waals surface area contributed by atoms with Gasteiger partial charge in [0.1, 0.15) is 0 Å². The molecule has 0 spiro atoms. The summed E-state index contributed by atoms with van der Waals surface area (Å²) in [6, 6.07) is 9.20. The first-order valence-electron chi connectivity index (χ1n) is 8.67. The minimum absolute atomic E-state index is 0.0380. The van der Waals surface area contributed by atoms with Gasteiger partial charge in [0, 0.05) is 6.42 Å². The van der Waals surface area contributed by atoms with E-state index in [-0.39, 0.29) is 11.9 Å². The Morgan fingerprint density at radius 3 is 2.27 bits per heavy atom.